The van der Waals surface area contributed by atoms with Crippen LogP contribution in [0.2, 0.25) is 0 Å². The lowest BCUT2D eigenvalue weighted by Crippen LogP contribution is -1.93. The fourth-order valence-corrected chi connectivity index (χ4v) is 1.16. The molecule has 0 aromatic heterocycles. The van der Waals surface area contributed by atoms with E-state index in [4.69, 9.17) is 0 Å². The van der Waals surface area contributed by atoms with E-state index in [1.54, 1.807) is 6.21 Å². The Morgan fingerprint density at radius 1 is 0.950 bits per heavy atom. The van der Waals surface area contributed by atoms with E-state index in [9.17, 15) is 0 Å². The van der Waals surface area contributed by atoms with E-state index in [0.29, 0.717) is 0 Å². The molecule has 1 aromatic rings. The normalized spacial score (nSPS) is 9.50. The maximum Gasteiger partial charge on any atom is 0.122 e. The van der Waals surface area contributed by atoms with Gasteiger partial charge in [0.25, 0.3) is 0 Å². The quantitative estimate of drug-likeness (QED) is 0.467. The van der Waals surface area contributed by atoms with Crippen molar-refractivity contribution in [2.45, 2.75) is 68.4 Å². The molecule has 0 spiro atoms. The summed E-state index contributed by atoms with van der Waals surface area (Å²) in [7, 11) is 0. The van der Waals surface area contributed by atoms with Crippen molar-refractivity contribution >= 4 is 12.1 Å². The van der Waals surface area contributed by atoms with Crippen molar-refractivity contribution in [2.24, 2.45) is 9.98 Å². The monoisotopic (exact) mass is 278 g/mol. The second-order valence-electron chi connectivity index (χ2n) is 2.96. The summed E-state index contributed by atoms with van der Waals surface area (Å²) in [6.45, 7) is 16.7. The van der Waals surface area contributed by atoms with Crippen LogP contribution in [-0.2, 0) is 6.54 Å². The number of benzene rings is 1. The summed E-state index contributed by atoms with van der Waals surface area (Å²) in [5.74, 6) is 0.913. The van der Waals surface area contributed by atoms with Gasteiger partial charge in [-0.15, -0.1) is 0 Å². The summed E-state index contributed by atoms with van der Waals surface area (Å²) in [5.41, 5.74) is 1.23. The Morgan fingerprint density at radius 3 is 1.85 bits per heavy atom. The van der Waals surface area contributed by atoms with E-state index in [-0.39, 0.29) is 0 Å². The summed E-state index contributed by atoms with van der Waals surface area (Å²) >= 11 is 0. The molecule has 0 N–H and O–H groups in total. The molecule has 1 aromatic carbocycles. The molecule has 0 amide bonds. The van der Waals surface area contributed by atoms with Gasteiger partial charge in [-0.2, -0.15) is 0 Å². The maximum atomic E-state index is 4.42. The van der Waals surface area contributed by atoms with Crippen LogP contribution in [0.1, 0.15) is 67.4 Å². The molecule has 0 heterocycles. The molecule has 20 heavy (non-hydrogen) atoms. The standard InChI is InChI=1S/C12H16N2.3C2H6/c1-3-12(13-4-2)14-10-11-8-6-5-7-9-11;3*1-2/h4-9H,3,10H2,1-2H3;3*1-2H3. The van der Waals surface area contributed by atoms with Crippen LogP contribution < -0.4 is 0 Å². The molecule has 1 rings (SSSR count). The van der Waals surface area contributed by atoms with Crippen LogP contribution in [0.15, 0.2) is 40.3 Å². The molecule has 0 bridgehead atoms. The summed E-state index contributed by atoms with van der Waals surface area (Å²) in [6.07, 6.45) is 2.67. The minimum absolute atomic E-state index is 0.724. The Balaban J connectivity index is -0.000000425. The topological polar surface area (TPSA) is 24.7 Å². The predicted octanol–water partition coefficient (Wildman–Crippen LogP) is 6.16. The molecule has 0 saturated carbocycles. The highest BCUT2D eigenvalue weighted by atomic mass is 14.9. The van der Waals surface area contributed by atoms with Gasteiger partial charge in [-0.1, -0.05) is 78.8 Å². The van der Waals surface area contributed by atoms with E-state index in [1.807, 2.05) is 66.7 Å². The van der Waals surface area contributed by atoms with Gasteiger partial charge in [0, 0.05) is 12.6 Å². The van der Waals surface area contributed by atoms with Gasteiger partial charge < -0.3 is 0 Å². The van der Waals surface area contributed by atoms with Crippen LogP contribution in [-0.4, -0.2) is 12.1 Å². The molecule has 0 unspecified atom stereocenters. The van der Waals surface area contributed by atoms with Crippen molar-refractivity contribution in [3.63, 3.8) is 0 Å². The Bertz CT molecular complexity index is 313. The Hall–Kier alpha value is -1.44. The fraction of sp³-hybridized carbons (Fsp3) is 0.556. The molecule has 0 aliphatic heterocycles. The highest BCUT2D eigenvalue weighted by Crippen LogP contribution is 2.01. The second kappa shape index (κ2) is 22.7. The van der Waals surface area contributed by atoms with Crippen molar-refractivity contribution < 1.29 is 0 Å². The zero-order valence-electron chi connectivity index (χ0n) is 14.8. The number of aliphatic imine (C=N–C) groups is 2. The number of nitrogens with zero attached hydrogens (tertiary/aromatic N) is 2. The molecule has 2 heteroatoms. The first-order valence-electron chi connectivity index (χ1n) is 7.92. The molecular formula is C18H34N2. The molecule has 0 radical (unpaired) electrons. The smallest absolute Gasteiger partial charge is 0.122 e. The van der Waals surface area contributed by atoms with Crippen molar-refractivity contribution in [1.29, 1.82) is 0 Å². The highest BCUT2D eigenvalue weighted by molar-refractivity contribution is 5.88. The van der Waals surface area contributed by atoms with Crippen LogP contribution in [0.5, 0.6) is 0 Å². The zero-order chi connectivity index (χ0) is 16.2. The van der Waals surface area contributed by atoms with Gasteiger partial charge in [-0.05, 0) is 12.5 Å². The van der Waals surface area contributed by atoms with Gasteiger partial charge in [-0.25, -0.2) is 4.99 Å². The van der Waals surface area contributed by atoms with Crippen LogP contribution in [0.4, 0.5) is 0 Å². The lowest BCUT2D eigenvalue weighted by atomic mass is 10.2. The van der Waals surface area contributed by atoms with Gasteiger partial charge >= 0.3 is 0 Å². The van der Waals surface area contributed by atoms with Crippen LogP contribution in [0, 0.1) is 0 Å². The van der Waals surface area contributed by atoms with Crippen LogP contribution >= 0.6 is 0 Å². The Labute approximate surface area is 127 Å². The lowest BCUT2D eigenvalue weighted by molar-refractivity contribution is 1.04. The molecular weight excluding hydrogens is 244 g/mol. The highest BCUT2D eigenvalue weighted by Gasteiger charge is 1.91. The summed E-state index contributed by atoms with van der Waals surface area (Å²) in [6, 6.07) is 10.2. The van der Waals surface area contributed by atoms with Gasteiger partial charge in [0.05, 0.1) is 6.54 Å². The maximum absolute atomic E-state index is 4.42. The minimum atomic E-state index is 0.724. The minimum Gasteiger partial charge on any atom is -0.266 e. The van der Waals surface area contributed by atoms with Gasteiger partial charge in [0.1, 0.15) is 5.84 Å². The number of hydrogen-bond acceptors (Lipinski definition) is 1. The predicted molar refractivity (Wildman–Crippen MR) is 96.1 cm³/mol. The third kappa shape index (κ3) is 14.6. The number of hydrogen-bond donors (Lipinski definition) is 0. The zero-order valence-corrected chi connectivity index (χ0v) is 14.8. The van der Waals surface area contributed by atoms with Crippen LogP contribution in [0.25, 0.3) is 0 Å². The third-order valence-corrected chi connectivity index (χ3v) is 1.88. The third-order valence-electron chi connectivity index (χ3n) is 1.88. The van der Waals surface area contributed by atoms with E-state index in [0.717, 1.165) is 18.8 Å². The van der Waals surface area contributed by atoms with Crippen molar-refractivity contribution in [2.75, 3.05) is 0 Å². The first-order chi connectivity index (χ1) is 9.86. The second-order valence-corrected chi connectivity index (χ2v) is 2.96. The molecule has 0 aliphatic carbocycles. The van der Waals surface area contributed by atoms with Crippen LogP contribution in [0.3, 0.4) is 0 Å². The SMILES string of the molecule is CC.CC.CC.CC=NC(CC)=NCc1ccccc1. The van der Waals surface area contributed by atoms with Gasteiger partial charge in [-0.3, -0.25) is 4.99 Å². The largest absolute Gasteiger partial charge is 0.266 e. The van der Waals surface area contributed by atoms with Gasteiger partial charge in [0.15, 0.2) is 0 Å². The molecule has 0 saturated heterocycles. The van der Waals surface area contributed by atoms with E-state index >= 15 is 0 Å². The Kier molecular flexibility index (Phi) is 26.8. The number of rotatable bonds is 3. The van der Waals surface area contributed by atoms with E-state index in [1.165, 1.54) is 5.56 Å². The lowest BCUT2D eigenvalue weighted by Gasteiger charge is -1.97. The first-order valence-corrected chi connectivity index (χ1v) is 7.92. The fourth-order valence-electron chi connectivity index (χ4n) is 1.16. The molecule has 0 aliphatic rings. The summed E-state index contributed by atoms with van der Waals surface area (Å²) in [5, 5.41) is 0. The molecule has 116 valence electrons. The first kappa shape index (κ1) is 23.6. The molecule has 2 nitrogen and oxygen atoms in total. The molecule has 0 atom stereocenters. The van der Waals surface area contributed by atoms with E-state index in [2.05, 4.69) is 29.0 Å². The van der Waals surface area contributed by atoms with Gasteiger partial charge in [0.2, 0.25) is 0 Å². The van der Waals surface area contributed by atoms with E-state index < -0.39 is 0 Å². The average Bonchev–Trinajstić information content (AvgIpc) is 2.58. The van der Waals surface area contributed by atoms with Crippen molar-refractivity contribution in [1.82, 2.24) is 0 Å². The van der Waals surface area contributed by atoms with Crippen molar-refractivity contribution in [3.8, 4) is 0 Å². The summed E-state index contributed by atoms with van der Waals surface area (Å²) in [4.78, 5) is 8.60. The number of amidine groups is 1. The molecule has 0 fully saturated rings. The van der Waals surface area contributed by atoms with Crippen molar-refractivity contribution in [3.05, 3.63) is 35.9 Å². The average molecular weight is 278 g/mol. The summed E-state index contributed by atoms with van der Waals surface area (Å²) < 4.78 is 0. The Morgan fingerprint density at radius 2 is 1.45 bits per heavy atom.